The molecule has 0 unspecified atom stereocenters. The van der Waals surface area contributed by atoms with Gasteiger partial charge in [-0.2, -0.15) is 0 Å². The molecule has 0 amide bonds. The van der Waals surface area contributed by atoms with Crippen molar-refractivity contribution in [3.05, 3.63) is 47.2 Å². The molecule has 0 fully saturated rings. The van der Waals surface area contributed by atoms with E-state index in [1.54, 1.807) is 0 Å². The number of sulfonamides is 1. The number of hydrogen-bond donors (Lipinski definition) is 3. The Morgan fingerprint density at radius 1 is 1.14 bits per heavy atom. The molecule has 112 valence electrons. The summed E-state index contributed by atoms with van der Waals surface area (Å²) in [6.07, 6.45) is 0. The fourth-order valence-corrected chi connectivity index (χ4v) is 2.80. The molecule has 8 heteroatoms. The zero-order valence-corrected chi connectivity index (χ0v) is 12.6. The Hall–Kier alpha value is -1.83. The lowest BCUT2D eigenvalue weighted by Gasteiger charge is -2.14. The van der Waals surface area contributed by atoms with Gasteiger partial charge in [-0.3, -0.25) is 0 Å². The molecule has 0 aromatic heterocycles. The van der Waals surface area contributed by atoms with Gasteiger partial charge in [-0.1, -0.05) is 11.6 Å². The van der Waals surface area contributed by atoms with Gasteiger partial charge in [0, 0.05) is 5.69 Å². The van der Waals surface area contributed by atoms with Crippen LogP contribution in [0, 0.1) is 5.82 Å². The van der Waals surface area contributed by atoms with Crippen LogP contribution in [-0.4, -0.2) is 15.5 Å². The molecule has 0 spiro atoms. The second-order valence-corrected chi connectivity index (χ2v) is 6.47. The van der Waals surface area contributed by atoms with Crippen LogP contribution in [0.5, 0.6) is 0 Å². The fourth-order valence-electron chi connectivity index (χ4n) is 1.71. The largest absolute Gasteiger partial charge is 0.399 e. The first kappa shape index (κ1) is 15.6. The number of rotatable bonds is 4. The molecule has 21 heavy (non-hydrogen) atoms. The van der Waals surface area contributed by atoms with Crippen LogP contribution in [0.15, 0.2) is 41.3 Å². The van der Waals surface area contributed by atoms with E-state index < -0.39 is 15.8 Å². The van der Waals surface area contributed by atoms with Gasteiger partial charge >= 0.3 is 0 Å². The first-order valence-electron chi connectivity index (χ1n) is 5.88. The quantitative estimate of drug-likeness (QED) is 0.753. The molecule has 2 rings (SSSR count). The third-order valence-corrected chi connectivity index (χ3v) is 4.55. The van der Waals surface area contributed by atoms with Gasteiger partial charge in [0.05, 0.1) is 16.4 Å². The fraction of sp³-hybridized carbons (Fsp3) is 0.0769. The zero-order chi connectivity index (χ0) is 15.6. The standard InChI is InChI=1S/C13H13ClFN3O2S/c1-17-21(19,20)13-7-9(16)3-5-11(13)18-12-6-8(15)2-4-10(12)14/h2-7,17-18H,16H2,1H3. The van der Waals surface area contributed by atoms with E-state index in [2.05, 4.69) is 10.0 Å². The Balaban J connectivity index is 2.52. The first-order valence-corrected chi connectivity index (χ1v) is 7.75. The summed E-state index contributed by atoms with van der Waals surface area (Å²) in [6.45, 7) is 0. The number of hydrogen-bond acceptors (Lipinski definition) is 4. The van der Waals surface area contributed by atoms with Crippen molar-refractivity contribution < 1.29 is 12.8 Å². The highest BCUT2D eigenvalue weighted by Gasteiger charge is 2.18. The van der Waals surface area contributed by atoms with Gasteiger partial charge in [0.1, 0.15) is 10.7 Å². The minimum absolute atomic E-state index is 0.0506. The van der Waals surface area contributed by atoms with E-state index in [1.165, 1.54) is 43.4 Å². The molecule has 0 atom stereocenters. The summed E-state index contributed by atoms with van der Waals surface area (Å²) in [5.41, 5.74) is 6.41. The van der Waals surface area contributed by atoms with E-state index in [9.17, 15) is 12.8 Å². The molecule has 0 aliphatic rings. The van der Waals surface area contributed by atoms with Crippen molar-refractivity contribution in [2.24, 2.45) is 0 Å². The average Bonchev–Trinajstić information content (AvgIpc) is 2.44. The third kappa shape index (κ3) is 3.44. The van der Waals surface area contributed by atoms with E-state index in [1.807, 2.05) is 0 Å². The van der Waals surface area contributed by atoms with Crippen LogP contribution in [0.4, 0.5) is 21.5 Å². The highest BCUT2D eigenvalue weighted by molar-refractivity contribution is 7.89. The lowest BCUT2D eigenvalue weighted by atomic mass is 10.2. The molecule has 0 aliphatic heterocycles. The summed E-state index contributed by atoms with van der Waals surface area (Å²) < 4.78 is 39.5. The molecular weight excluding hydrogens is 317 g/mol. The molecule has 0 radical (unpaired) electrons. The molecule has 0 saturated heterocycles. The Kier molecular flexibility index (Phi) is 4.36. The van der Waals surface area contributed by atoms with Crippen molar-refractivity contribution in [1.82, 2.24) is 4.72 Å². The predicted molar refractivity (Wildman–Crippen MR) is 81.8 cm³/mol. The maximum absolute atomic E-state index is 13.3. The Morgan fingerprint density at radius 3 is 2.52 bits per heavy atom. The minimum Gasteiger partial charge on any atom is -0.399 e. The van der Waals surface area contributed by atoms with E-state index in [-0.39, 0.29) is 21.3 Å². The summed E-state index contributed by atoms with van der Waals surface area (Å²) in [5, 5.41) is 3.07. The number of nitrogens with two attached hydrogens (primary N) is 1. The summed E-state index contributed by atoms with van der Waals surface area (Å²) in [7, 11) is -2.43. The molecule has 0 saturated carbocycles. The molecule has 0 heterocycles. The van der Waals surface area contributed by atoms with Gasteiger partial charge in [0.25, 0.3) is 0 Å². The van der Waals surface area contributed by atoms with Crippen LogP contribution in [0.1, 0.15) is 0 Å². The second-order valence-electron chi connectivity index (χ2n) is 4.21. The molecule has 2 aromatic rings. The monoisotopic (exact) mass is 329 g/mol. The molecule has 5 nitrogen and oxygen atoms in total. The van der Waals surface area contributed by atoms with Gasteiger partial charge in [-0.15, -0.1) is 0 Å². The summed E-state index contributed by atoms with van der Waals surface area (Å²) in [4.78, 5) is -0.0506. The van der Waals surface area contributed by atoms with E-state index >= 15 is 0 Å². The average molecular weight is 330 g/mol. The molecular formula is C13H13ClFN3O2S. The lowest BCUT2D eigenvalue weighted by Crippen LogP contribution is -2.20. The SMILES string of the molecule is CNS(=O)(=O)c1cc(N)ccc1Nc1cc(F)ccc1Cl. The van der Waals surface area contributed by atoms with E-state index in [4.69, 9.17) is 17.3 Å². The van der Waals surface area contributed by atoms with Gasteiger partial charge in [-0.25, -0.2) is 17.5 Å². The highest BCUT2D eigenvalue weighted by atomic mass is 35.5. The maximum atomic E-state index is 13.3. The maximum Gasteiger partial charge on any atom is 0.242 e. The van der Waals surface area contributed by atoms with E-state index in [0.29, 0.717) is 5.69 Å². The predicted octanol–water partition coefficient (Wildman–Crippen LogP) is 2.71. The van der Waals surface area contributed by atoms with Crippen molar-refractivity contribution in [3.63, 3.8) is 0 Å². The van der Waals surface area contributed by atoms with Gasteiger partial charge in [0.15, 0.2) is 0 Å². The number of benzene rings is 2. The molecule has 4 N–H and O–H groups in total. The van der Waals surface area contributed by atoms with Crippen molar-refractivity contribution in [1.29, 1.82) is 0 Å². The van der Waals surface area contributed by atoms with Crippen molar-refractivity contribution in [3.8, 4) is 0 Å². The number of halogens is 2. The third-order valence-electron chi connectivity index (χ3n) is 2.76. The van der Waals surface area contributed by atoms with Gasteiger partial charge < -0.3 is 11.1 Å². The Labute approximate surface area is 127 Å². The van der Waals surface area contributed by atoms with E-state index in [0.717, 1.165) is 0 Å². The van der Waals surface area contributed by atoms with Crippen molar-refractivity contribution >= 4 is 38.7 Å². The minimum atomic E-state index is -3.72. The smallest absolute Gasteiger partial charge is 0.242 e. The lowest BCUT2D eigenvalue weighted by molar-refractivity contribution is 0.588. The van der Waals surface area contributed by atoms with Crippen molar-refractivity contribution in [2.45, 2.75) is 4.90 Å². The second kappa shape index (κ2) is 5.88. The highest BCUT2D eigenvalue weighted by Crippen LogP contribution is 2.30. The number of anilines is 3. The number of nitrogens with one attached hydrogen (secondary N) is 2. The van der Waals surface area contributed by atoms with Crippen LogP contribution in [-0.2, 0) is 10.0 Å². The summed E-state index contributed by atoms with van der Waals surface area (Å²) >= 11 is 5.96. The van der Waals surface area contributed by atoms with Crippen molar-refractivity contribution in [2.75, 3.05) is 18.1 Å². The molecule has 0 aliphatic carbocycles. The number of nitrogen functional groups attached to an aromatic ring is 1. The normalized spacial score (nSPS) is 11.4. The first-order chi connectivity index (χ1) is 9.83. The molecule has 0 bridgehead atoms. The zero-order valence-electron chi connectivity index (χ0n) is 11.0. The van der Waals surface area contributed by atoms with Crippen LogP contribution in [0.3, 0.4) is 0 Å². The van der Waals surface area contributed by atoms with Crippen LogP contribution >= 0.6 is 11.6 Å². The summed E-state index contributed by atoms with van der Waals surface area (Å²) in [6, 6.07) is 8.09. The molecule has 2 aromatic carbocycles. The Bertz CT molecular complexity index is 781. The topological polar surface area (TPSA) is 84.2 Å². The van der Waals surface area contributed by atoms with Crippen LogP contribution in [0.25, 0.3) is 0 Å². The van der Waals surface area contributed by atoms with Gasteiger partial charge in [0.2, 0.25) is 10.0 Å². The van der Waals surface area contributed by atoms with Gasteiger partial charge in [-0.05, 0) is 43.4 Å². The van der Waals surface area contributed by atoms with Crippen LogP contribution in [0.2, 0.25) is 5.02 Å². The van der Waals surface area contributed by atoms with Crippen LogP contribution < -0.4 is 15.8 Å². The Morgan fingerprint density at radius 2 is 1.86 bits per heavy atom. The summed E-state index contributed by atoms with van der Waals surface area (Å²) in [5.74, 6) is -0.490.